The number of amides is 1. The van der Waals surface area contributed by atoms with E-state index in [1.54, 1.807) is 6.07 Å². The van der Waals surface area contributed by atoms with E-state index in [2.05, 4.69) is 0 Å². The SMILES string of the molecule is Cl.N[C@@H]1CCN(C(=O)C2(c3cccc(F)c3)CCCC2)C1. The van der Waals surface area contributed by atoms with E-state index in [1.165, 1.54) is 12.1 Å². The molecule has 1 saturated carbocycles. The Morgan fingerprint density at radius 3 is 2.62 bits per heavy atom. The van der Waals surface area contributed by atoms with E-state index in [0.717, 1.165) is 44.2 Å². The fourth-order valence-corrected chi connectivity index (χ4v) is 3.67. The first kappa shape index (κ1) is 16.2. The molecule has 1 atom stereocenters. The molecule has 0 unspecified atom stereocenters. The quantitative estimate of drug-likeness (QED) is 0.912. The van der Waals surface area contributed by atoms with Crippen LogP contribution in [0.4, 0.5) is 4.39 Å². The lowest BCUT2D eigenvalue weighted by Gasteiger charge is -2.33. The van der Waals surface area contributed by atoms with Crippen LogP contribution in [0.25, 0.3) is 0 Å². The number of hydrogen-bond acceptors (Lipinski definition) is 2. The highest BCUT2D eigenvalue weighted by molar-refractivity contribution is 5.89. The molecule has 1 aromatic carbocycles. The van der Waals surface area contributed by atoms with Crippen molar-refractivity contribution < 1.29 is 9.18 Å². The monoisotopic (exact) mass is 312 g/mol. The van der Waals surface area contributed by atoms with Crippen molar-refractivity contribution in [3.05, 3.63) is 35.6 Å². The second-order valence-electron chi connectivity index (χ2n) is 6.10. The maximum Gasteiger partial charge on any atom is 0.233 e. The zero-order valence-electron chi connectivity index (χ0n) is 12.1. The Balaban J connectivity index is 0.00000161. The van der Waals surface area contributed by atoms with Gasteiger partial charge in [-0.25, -0.2) is 4.39 Å². The number of rotatable bonds is 2. The summed E-state index contributed by atoms with van der Waals surface area (Å²) in [6.07, 6.45) is 4.57. The molecular formula is C16H22ClFN2O. The molecule has 1 heterocycles. The maximum atomic E-state index is 13.5. The minimum atomic E-state index is -0.522. The molecule has 1 amide bonds. The number of nitrogens with two attached hydrogens (primary N) is 1. The summed E-state index contributed by atoms with van der Waals surface area (Å²) < 4.78 is 13.5. The van der Waals surface area contributed by atoms with Gasteiger partial charge in [0.15, 0.2) is 0 Å². The van der Waals surface area contributed by atoms with Gasteiger partial charge in [-0.05, 0) is 37.0 Å². The molecule has 2 aliphatic rings. The molecule has 0 aromatic heterocycles. The molecule has 2 N–H and O–H groups in total. The van der Waals surface area contributed by atoms with E-state index in [1.807, 2.05) is 11.0 Å². The van der Waals surface area contributed by atoms with Crippen LogP contribution < -0.4 is 5.73 Å². The summed E-state index contributed by atoms with van der Waals surface area (Å²) in [7, 11) is 0. The smallest absolute Gasteiger partial charge is 0.233 e. The van der Waals surface area contributed by atoms with E-state index in [-0.39, 0.29) is 30.2 Å². The Kier molecular flexibility index (Phi) is 4.89. The van der Waals surface area contributed by atoms with Gasteiger partial charge in [0.05, 0.1) is 5.41 Å². The van der Waals surface area contributed by atoms with Gasteiger partial charge in [0.1, 0.15) is 5.82 Å². The zero-order valence-corrected chi connectivity index (χ0v) is 12.9. The molecular weight excluding hydrogens is 291 g/mol. The van der Waals surface area contributed by atoms with Crippen LogP contribution in [-0.4, -0.2) is 29.9 Å². The van der Waals surface area contributed by atoms with E-state index in [4.69, 9.17) is 5.73 Å². The van der Waals surface area contributed by atoms with Crippen molar-refractivity contribution in [2.75, 3.05) is 13.1 Å². The van der Waals surface area contributed by atoms with Crippen LogP contribution in [0.2, 0.25) is 0 Å². The van der Waals surface area contributed by atoms with Crippen molar-refractivity contribution in [3.8, 4) is 0 Å². The summed E-state index contributed by atoms with van der Waals surface area (Å²) in [5.74, 6) is -0.117. The van der Waals surface area contributed by atoms with Gasteiger partial charge in [-0.3, -0.25) is 4.79 Å². The number of hydrogen-bond donors (Lipinski definition) is 1. The standard InChI is InChI=1S/C16H21FN2O.ClH/c17-13-5-3-4-12(10-13)16(7-1-2-8-16)15(20)19-9-6-14(18)11-19;/h3-5,10,14H,1-2,6-9,11,18H2;1H/t14-;/m1./s1. The molecule has 21 heavy (non-hydrogen) atoms. The van der Waals surface area contributed by atoms with Gasteiger partial charge in [0.2, 0.25) is 5.91 Å². The van der Waals surface area contributed by atoms with Gasteiger partial charge in [-0.2, -0.15) is 0 Å². The van der Waals surface area contributed by atoms with Crippen LogP contribution in [0.15, 0.2) is 24.3 Å². The number of halogens is 2. The molecule has 2 fully saturated rings. The Labute approximate surface area is 131 Å². The van der Waals surface area contributed by atoms with Crippen LogP contribution in [-0.2, 0) is 10.2 Å². The van der Waals surface area contributed by atoms with Crippen LogP contribution in [0.1, 0.15) is 37.7 Å². The van der Waals surface area contributed by atoms with E-state index >= 15 is 0 Å². The molecule has 0 spiro atoms. The second kappa shape index (κ2) is 6.32. The number of carbonyl (C=O) groups excluding carboxylic acids is 1. The Morgan fingerprint density at radius 2 is 2.05 bits per heavy atom. The molecule has 1 aliphatic carbocycles. The summed E-state index contributed by atoms with van der Waals surface area (Å²) in [5, 5.41) is 0. The van der Waals surface area contributed by atoms with Gasteiger partial charge in [-0.1, -0.05) is 25.0 Å². The lowest BCUT2D eigenvalue weighted by Crippen LogP contribution is -2.45. The lowest BCUT2D eigenvalue weighted by atomic mass is 9.77. The molecule has 0 bridgehead atoms. The average Bonchev–Trinajstić information content (AvgIpc) is 3.07. The fourth-order valence-electron chi connectivity index (χ4n) is 3.67. The van der Waals surface area contributed by atoms with E-state index in [9.17, 15) is 9.18 Å². The van der Waals surface area contributed by atoms with Crippen molar-refractivity contribution in [2.24, 2.45) is 5.73 Å². The molecule has 3 rings (SSSR count). The van der Waals surface area contributed by atoms with Crippen molar-refractivity contribution in [3.63, 3.8) is 0 Å². The fraction of sp³-hybridized carbons (Fsp3) is 0.562. The predicted molar refractivity (Wildman–Crippen MR) is 83.0 cm³/mol. The number of benzene rings is 1. The third kappa shape index (κ3) is 2.92. The number of likely N-dealkylation sites (tertiary alicyclic amines) is 1. The molecule has 1 aliphatic heterocycles. The largest absolute Gasteiger partial charge is 0.340 e. The van der Waals surface area contributed by atoms with Gasteiger partial charge in [0, 0.05) is 19.1 Å². The Bertz CT molecular complexity index is 517. The van der Waals surface area contributed by atoms with Crippen LogP contribution in [0, 0.1) is 5.82 Å². The first-order valence-electron chi connectivity index (χ1n) is 7.43. The van der Waals surface area contributed by atoms with Gasteiger partial charge in [0.25, 0.3) is 0 Å². The first-order valence-corrected chi connectivity index (χ1v) is 7.43. The zero-order chi connectivity index (χ0) is 14.2. The molecule has 0 radical (unpaired) electrons. The summed E-state index contributed by atoms with van der Waals surface area (Å²) in [4.78, 5) is 14.9. The van der Waals surface area contributed by atoms with E-state index in [0.29, 0.717) is 6.54 Å². The molecule has 116 valence electrons. The van der Waals surface area contributed by atoms with Crippen molar-refractivity contribution in [1.29, 1.82) is 0 Å². The van der Waals surface area contributed by atoms with Crippen LogP contribution in [0.5, 0.6) is 0 Å². The minimum absolute atomic E-state index is 0. The highest BCUT2D eigenvalue weighted by Gasteiger charge is 2.46. The topological polar surface area (TPSA) is 46.3 Å². The highest BCUT2D eigenvalue weighted by Crippen LogP contribution is 2.43. The first-order chi connectivity index (χ1) is 9.62. The summed E-state index contributed by atoms with van der Waals surface area (Å²) in [6.45, 7) is 1.37. The average molecular weight is 313 g/mol. The number of nitrogens with zero attached hydrogens (tertiary/aromatic N) is 1. The second-order valence-corrected chi connectivity index (χ2v) is 6.10. The van der Waals surface area contributed by atoms with Gasteiger partial charge < -0.3 is 10.6 Å². The van der Waals surface area contributed by atoms with Crippen molar-refractivity contribution >= 4 is 18.3 Å². The van der Waals surface area contributed by atoms with Gasteiger partial charge in [-0.15, -0.1) is 12.4 Å². The van der Waals surface area contributed by atoms with Crippen LogP contribution in [0.3, 0.4) is 0 Å². The Morgan fingerprint density at radius 1 is 1.33 bits per heavy atom. The maximum absolute atomic E-state index is 13.5. The van der Waals surface area contributed by atoms with Crippen molar-refractivity contribution in [1.82, 2.24) is 4.90 Å². The molecule has 5 heteroatoms. The van der Waals surface area contributed by atoms with Crippen molar-refractivity contribution in [2.45, 2.75) is 43.6 Å². The number of carbonyl (C=O) groups is 1. The summed E-state index contributed by atoms with van der Waals surface area (Å²) in [5.41, 5.74) is 6.23. The third-order valence-electron chi connectivity index (χ3n) is 4.76. The summed E-state index contributed by atoms with van der Waals surface area (Å²) in [6, 6.07) is 6.64. The molecule has 1 saturated heterocycles. The summed E-state index contributed by atoms with van der Waals surface area (Å²) >= 11 is 0. The Hall–Kier alpha value is -1.13. The van der Waals surface area contributed by atoms with Crippen LogP contribution >= 0.6 is 12.4 Å². The highest BCUT2D eigenvalue weighted by atomic mass is 35.5. The third-order valence-corrected chi connectivity index (χ3v) is 4.76. The van der Waals surface area contributed by atoms with Gasteiger partial charge >= 0.3 is 0 Å². The normalized spacial score (nSPS) is 23.9. The minimum Gasteiger partial charge on any atom is -0.340 e. The molecule has 3 nitrogen and oxygen atoms in total. The van der Waals surface area contributed by atoms with E-state index < -0.39 is 5.41 Å². The molecule has 1 aromatic rings. The predicted octanol–water partition coefficient (Wildman–Crippen LogP) is 2.62. The lowest BCUT2D eigenvalue weighted by molar-refractivity contribution is -0.136.